The predicted molar refractivity (Wildman–Crippen MR) is 65.3 cm³/mol. The van der Waals surface area contributed by atoms with Crippen LogP contribution in [0.25, 0.3) is 0 Å². The predicted octanol–water partition coefficient (Wildman–Crippen LogP) is 4.28. The molecule has 0 aromatic heterocycles. The van der Waals surface area contributed by atoms with E-state index in [1.165, 1.54) is 11.1 Å². The highest BCUT2D eigenvalue weighted by atomic mass is 14.1. The Kier molecular flexibility index (Phi) is 4.43. The molecular formula is C15H19. The van der Waals surface area contributed by atoms with Crippen LogP contribution in [0.2, 0.25) is 0 Å². The average molecular weight is 199 g/mol. The first-order chi connectivity index (χ1) is 7.19. The topological polar surface area (TPSA) is 0 Å². The third kappa shape index (κ3) is 3.13. The van der Waals surface area contributed by atoms with Gasteiger partial charge in [0.05, 0.1) is 0 Å². The van der Waals surface area contributed by atoms with Crippen molar-refractivity contribution < 1.29 is 0 Å². The quantitative estimate of drug-likeness (QED) is 0.635. The van der Waals surface area contributed by atoms with Gasteiger partial charge in [0.25, 0.3) is 0 Å². The van der Waals surface area contributed by atoms with Crippen molar-refractivity contribution in [2.24, 2.45) is 0 Å². The van der Waals surface area contributed by atoms with Gasteiger partial charge in [0.1, 0.15) is 0 Å². The van der Waals surface area contributed by atoms with E-state index < -0.39 is 0 Å². The van der Waals surface area contributed by atoms with Crippen LogP contribution >= 0.6 is 0 Å². The van der Waals surface area contributed by atoms with Crippen LogP contribution in [0.1, 0.15) is 56.6 Å². The van der Waals surface area contributed by atoms with Crippen LogP contribution in [0.3, 0.4) is 0 Å². The van der Waals surface area contributed by atoms with E-state index in [2.05, 4.69) is 51.0 Å². The molecule has 1 rings (SSSR count). The average Bonchev–Trinajstić information content (AvgIpc) is 2.26. The van der Waals surface area contributed by atoms with E-state index in [0.29, 0.717) is 5.92 Å². The normalized spacial score (nSPS) is 12.5. The molecular weight excluding hydrogens is 180 g/mol. The fourth-order valence-corrected chi connectivity index (χ4v) is 1.72. The minimum Gasteiger partial charge on any atom is -0.0809 e. The summed E-state index contributed by atoms with van der Waals surface area (Å²) in [6.07, 6.45) is 9.41. The lowest BCUT2D eigenvalue weighted by Gasteiger charge is -2.11. The highest BCUT2D eigenvalue weighted by molar-refractivity contribution is 5.30. The molecule has 0 fully saturated rings. The molecule has 0 saturated heterocycles. The Morgan fingerprint density at radius 1 is 1.13 bits per heavy atom. The zero-order chi connectivity index (χ0) is 11.3. The van der Waals surface area contributed by atoms with Crippen LogP contribution in [0.15, 0.2) is 24.3 Å². The molecule has 0 heteroatoms. The van der Waals surface area contributed by atoms with Gasteiger partial charge < -0.3 is 0 Å². The molecule has 0 bridgehead atoms. The Bertz CT molecular complexity index is 324. The van der Waals surface area contributed by atoms with E-state index in [0.717, 1.165) is 12.8 Å². The molecule has 1 atom stereocenters. The summed E-state index contributed by atoms with van der Waals surface area (Å²) in [5, 5.41) is 0. The van der Waals surface area contributed by atoms with Gasteiger partial charge in [-0.05, 0) is 29.9 Å². The van der Waals surface area contributed by atoms with Gasteiger partial charge in [0.2, 0.25) is 0 Å². The van der Waals surface area contributed by atoms with Gasteiger partial charge in [0.15, 0.2) is 0 Å². The molecule has 0 saturated carbocycles. The summed E-state index contributed by atoms with van der Waals surface area (Å²) in [7, 11) is 0. The zero-order valence-electron chi connectivity index (χ0n) is 9.88. The van der Waals surface area contributed by atoms with Crippen molar-refractivity contribution >= 4 is 0 Å². The second-order valence-electron chi connectivity index (χ2n) is 4.31. The first-order valence-electron chi connectivity index (χ1n) is 5.71. The largest absolute Gasteiger partial charge is 0.0809 e. The molecule has 0 aliphatic rings. The van der Waals surface area contributed by atoms with Crippen LogP contribution < -0.4 is 0 Å². The standard InChI is InChI=1S/C15H19/c1-5-7-13(6-2)15-10-8-14(9-11-15)12(3)4/h8-13H,5,7H2,1,3-4H3. The summed E-state index contributed by atoms with van der Waals surface area (Å²) in [4.78, 5) is 0. The lowest BCUT2D eigenvalue weighted by Crippen LogP contribution is -1.96. The van der Waals surface area contributed by atoms with Crippen LogP contribution in [-0.2, 0) is 0 Å². The highest BCUT2D eigenvalue weighted by Gasteiger charge is 2.07. The Morgan fingerprint density at radius 2 is 1.67 bits per heavy atom. The maximum atomic E-state index is 7.29. The van der Waals surface area contributed by atoms with Gasteiger partial charge in [0, 0.05) is 5.92 Å². The number of rotatable bonds is 4. The molecule has 0 aliphatic carbocycles. The van der Waals surface area contributed by atoms with Gasteiger partial charge in [-0.25, -0.2) is 0 Å². The van der Waals surface area contributed by atoms with Crippen molar-refractivity contribution in [2.75, 3.05) is 0 Å². The molecule has 1 aromatic rings. The second kappa shape index (κ2) is 5.61. The molecule has 15 heavy (non-hydrogen) atoms. The maximum absolute atomic E-state index is 7.29. The fraction of sp³-hybridized carbons (Fsp3) is 0.467. The van der Waals surface area contributed by atoms with Gasteiger partial charge in [-0.3, -0.25) is 0 Å². The molecule has 1 unspecified atom stereocenters. The van der Waals surface area contributed by atoms with Crippen LogP contribution in [0.4, 0.5) is 0 Å². The summed E-state index contributed by atoms with van der Waals surface area (Å²) in [6.45, 7) is 6.54. The van der Waals surface area contributed by atoms with Crippen molar-refractivity contribution in [2.45, 2.75) is 45.4 Å². The first kappa shape index (κ1) is 11.9. The summed E-state index contributed by atoms with van der Waals surface area (Å²) >= 11 is 0. The second-order valence-corrected chi connectivity index (χ2v) is 4.31. The molecule has 1 aromatic carbocycles. The van der Waals surface area contributed by atoms with E-state index >= 15 is 0 Å². The van der Waals surface area contributed by atoms with Crippen LogP contribution in [-0.4, -0.2) is 0 Å². The Morgan fingerprint density at radius 3 is 2.07 bits per heavy atom. The summed E-state index contributed by atoms with van der Waals surface area (Å²) in [6, 6.07) is 8.61. The molecule has 0 spiro atoms. The van der Waals surface area contributed by atoms with E-state index in [4.69, 9.17) is 6.42 Å². The first-order valence-corrected chi connectivity index (χ1v) is 5.71. The van der Waals surface area contributed by atoms with Crippen molar-refractivity contribution in [1.82, 2.24) is 0 Å². The molecule has 0 heterocycles. The summed E-state index contributed by atoms with van der Waals surface area (Å²) in [5.41, 5.74) is 2.58. The Hall–Kier alpha value is -1.22. The number of benzene rings is 1. The molecule has 0 N–H and O–H groups in total. The maximum Gasteiger partial charge on any atom is 0.0462 e. The molecule has 0 aliphatic heterocycles. The van der Waals surface area contributed by atoms with Crippen LogP contribution in [0.5, 0.6) is 0 Å². The zero-order valence-corrected chi connectivity index (χ0v) is 9.88. The molecule has 0 nitrogen and oxygen atoms in total. The minimum absolute atomic E-state index is 0.177. The lowest BCUT2D eigenvalue weighted by atomic mass is 9.93. The minimum atomic E-state index is 0.177. The van der Waals surface area contributed by atoms with Gasteiger partial charge in [-0.15, -0.1) is 0 Å². The third-order valence-corrected chi connectivity index (χ3v) is 2.76. The van der Waals surface area contributed by atoms with E-state index in [9.17, 15) is 0 Å². The van der Waals surface area contributed by atoms with Crippen molar-refractivity contribution in [1.29, 1.82) is 0 Å². The lowest BCUT2D eigenvalue weighted by molar-refractivity contribution is 0.732. The van der Waals surface area contributed by atoms with Crippen molar-refractivity contribution in [3.8, 4) is 5.92 Å². The van der Waals surface area contributed by atoms with Gasteiger partial charge >= 0.3 is 0 Å². The van der Waals surface area contributed by atoms with E-state index in [-0.39, 0.29) is 5.92 Å². The summed E-state index contributed by atoms with van der Waals surface area (Å²) < 4.78 is 0. The van der Waals surface area contributed by atoms with Crippen molar-refractivity contribution in [3.63, 3.8) is 0 Å². The molecule has 79 valence electrons. The SMILES string of the molecule is [C]#CC(CCC)c1ccc(C(C)C)cc1. The Labute approximate surface area is 93.7 Å². The summed E-state index contributed by atoms with van der Waals surface area (Å²) in [5.74, 6) is 3.37. The van der Waals surface area contributed by atoms with Gasteiger partial charge in [-0.2, -0.15) is 0 Å². The van der Waals surface area contributed by atoms with Crippen LogP contribution in [0, 0.1) is 12.3 Å². The smallest absolute Gasteiger partial charge is 0.0462 e. The Balaban J connectivity index is 2.83. The molecule has 0 amide bonds. The number of hydrogen-bond acceptors (Lipinski definition) is 0. The van der Waals surface area contributed by atoms with E-state index in [1.54, 1.807) is 0 Å². The van der Waals surface area contributed by atoms with Gasteiger partial charge in [-0.1, -0.05) is 57.4 Å². The third-order valence-electron chi connectivity index (χ3n) is 2.76. The molecule has 1 radical (unpaired) electrons. The number of hydrogen-bond donors (Lipinski definition) is 0. The van der Waals surface area contributed by atoms with Crippen molar-refractivity contribution in [3.05, 3.63) is 41.8 Å². The fourth-order valence-electron chi connectivity index (χ4n) is 1.72. The van der Waals surface area contributed by atoms with E-state index in [1.807, 2.05) is 0 Å². The highest BCUT2D eigenvalue weighted by Crippen LogP contribution is 2.22. The monoisotopic (exact) mass is 199 g/mol.